The second-order valence-corrected chi connectivity index (χ2v) is 8.33. The average molecular weight is 305 g/mol. The lowest BCUT2D eigenvalue weighted by Gasteiger charge is -2.36. The average Bonchev–Trinajstić information content (AvgIpc) is 3.30. The number of nitrogens with zero attached hydrogens (tertiary/aromatic N) is 1. The Labute approximate surface area is 134 Å². The normalized spacial score (nSPS) is 38.6. The molecule has 2 aliphatic heterocycles. The molecule has 2 aliphatic carbocycles. The number of fused-ring (bicyclic) bond motifs is 2. The minimum absolute atomic E-state index is 0.197. The number of carbonyl (C=O) groups excluding carboxylic acids is 1. The Morgan fingerprint density at radius 3 is 2.50 bits per heavy atom. The summed E-state index contributed by atoms with van der Waals surface area (Å²) in [5, 5.41) is 6.90. The maximum atomic E-state index is 12.5. The highest BCUT2D eigenvalue weighted by molar-refractivity contribution is 5.74. The van der Waals surface area contributed by atoms with Gasteiger partial charge < -0.3 is 15.5 Å². The van der Waals surface area contributed by atoms with Gasteiger partial charge in [-0.3, -0.25) is 0 Å². The van der Waals surface area contributed by atoms with Gasteiger partial charge in [-0.2, -0.15) is 0 Å². The molecule has 4 heteroatoms. The number of hydrogen-bond donors (Lipinski definition) is 2. The van der Waals surface area contributed by atoms with Gasteiger partial charge >= 0.3 is 6.03 Å². The van der Waals surface area contributed by atoms with Gasteiger partial charge in [0.15, 0.2) is 0 Å². The number of hydrogen-bond acceptors (Lipinski definition) is 2. The topological polar surface area (TPSA) is 44.4 Å². The molecule has 4 fully saturated rings. The third-order valence-corrected chi connectivity index (χ3v) is 7.00. The summed E-state index contributed by atoms with van der Waals surface area (Å²) >= 11 is 0. The Kier molecular flexibility index (Phi) is 4.05. The quantitative estimate of drug-likeness (QED) is 0.842. The molecular formula is C18H31N3O. The molecule has 4 nitrogen and oxygen atoms in total. The van der Waals surface area contributed by atoms with Gasteiger partial charge in [-0.1, -0.05) is 0 Å². The number of carbonyl (C=O) groups is 1. The number of rotatable bonds is 3. The first-order chi connectivity index (χ1) is 10.7. The predicted octanol–water partition coefficient (Wildman–Crippen LogP) is 2.74. The fourth-order valence-electron chi connectivity index (χ4n) is 5.55. The smallest absolute Gasteiger partial charge is 0.317 e. The Morgan fingerprint density at radius 1 is 1.14 bits per heavy atom. The van der Waals surface area contributed by atoms with Crippen LogP contribution in [-0.2, 0) is 0 Å². The van der Waals surface area contributed by atoms with Crippen molar-refractivity contribution in [2.75, 3.05) is 26.2 Å². The van der Waals surface area contributed by atoms with E-state index < -0.39 is 0 Å². The fraction of sp³-hybridized carbons (Fsp3) is 0.944. The van der Waals surface area contributed by atoms with Gasteiger partial charge in [0.1, 0.15) is 0 Å². The molecule has 2 N–H and O–H groups in total. The second kappa shape index (κ2) is 6.03. The van der Waals surface area contributed by atoms with E-state index in [0.29, 0.717) is 5.41 Å². The number of piperidine rings is 1. The second-order valence-electron chi connectivity index (χ2n) is 8.33. The van der Waals surface area contributed by atoms with Crippen LogP contribution in [0.4, 0.5) is 4.79 Å². The maximum absolute atomic E-state index is 12.5. The van der Waals surface area contributed by atoms with Crippen molar-refractivity contribution in [2.45, 2.75) is 63.8 Å². The van der Waals surface area contributed by atoms with Crippen molar-refractivity contribution in [1.82, 2.24) is 15.5 Å². The Morgan fingerprint density at radius 2 is 1.91 bits per heavy atom. The highest BCUT2D eigenvalue weighted by Crippen LogP contribution is 2.53. The van der Waals surface area contributed by atoms with E-state index in [2.05, 4.69) is 15.5 Å². The van der Waals surface area contributed by atoms with Crippen LogP contribution in [0.2, 0.25) is 0 Å². The maximum Gasteiger partial charge on any atom is 0.317 e. The van der Waals surface area contributed by atoms with Crippen molar-refractivity contribution in [3.63, 3.8) is 0 Å². The van der Waals surface area contributed by atoms with Gasteiger partial charge in [0.05, 0.1) is 0 Å². The van der Waals surface area contributed by atoms with Gasteiger partial charge in [-0.15, -0.1) is 0 Å². The molecular weight excluding hydrogens is 274 g/mol. The van der Waals surface area contributed by atoms with Crippen LogP contribution < -0.4 is 10.6 Å². The lowest BCUT2D eigenvalue weighted by atomic mass is 9.84. The predicted molar refractivity (Wildman–Crippen MR) is 87.7 cm³/mol. The first-order valence-electron chi connectivity index (χ1n) is 9.50. The third-order valence-electron chi connectivity index (χ3n) is 7.00. The first kappa shape index (κ1) is 14.8. The van der Waals surface area contributed by atoms with Gasteiger partial charge in [0.2, 0.25) is 0 Å². The summed E-state index contributed by atoms with van der Waals surface area (Å²) in [7, 11) is 0. The molecule has 1 atom stereocenters. The van der Waals surface area contributed by atoms with E-state index in [1.165, 1.54) is 64.3 Å². The highest BCUT2D eigenvalue weighted by Gasteiger charge is 2.44. The molecule has 0 aromatic carbocycles. The van der Waals surface area contributed by atoms with E-state index in [1.807, 2.05) is 0 Å². The van der Waals surface area contributed by atoms with E-state index >= 15 is 0 Å². The van der Waals surface area contributed by atoms with Crippen LogP contribution in [0.5, 0.6) is 0 Å². The van der Waals surface area contributed by atoms with Gasteiger partial charge in [0.25, 0.3) is 0 Å². The molecule has 4 aliphatic rings. The zero-order valence-corrected chi connectivity index (χ0v) is 13.8. The summed E-state index contributed by atoms with van der Waals surface area (Å²) in [4.78, 5) is 14.5. The molecule has 0 radical (unpaired) electrons. The van der Waals surface area contributed by atoms with Crippen LogP contribution in [-0.4, -0.2) is 43.2 Å². The molecule has 0 spiro atoms. The molecule has 2 amide bonds. The van der Waals surface area contributed by atoms with E-state index in [-0.39, 0.29) is 6.03 Å². The van der Waals surface area contributed by atoms with Crippen LogP contribution >= 0.6 is 0 Å². The standard InChI is InChI=1S/C18H31N3O/c22-17(20-13-18-7-3-14(12-18)4-8-18)21-10-5-15(6-11-21)16-2-1-9-19-16/h14-16,19H,1-13H2,(H,20,22). The molecule has 0 aromatic rings. The van der Waals surface area contributed by atoms with Crippen LogP contribution in [0.1, 0.15) is 57.8 Å². The lowest BCUT2D eigenvalue weighted by Crippen LogP contribution is -2.48. The van der Waals surface area contributed by atoms with E-state index in [9.17, 15) is 4.79 Å². The molecule has 0 aromatic heterocycles. The molecule has 1 unspecified atom stereocenters. The zero-order valence-electron chi connectivity index (χ0n) is 13.8. The molecule has 124 valence electrons. The monoisotopic (exact) mass is 305 g/mol. The Hall–Kier alpha value is -0.770. The SMILES string of the molecule is O=C(NCC12CCC(CC1)C2)N1CCC(C2CCCN2)CC1. The van der Waals surface area contributed by atoms with Crippen molar-refractivity contribution in [2.24, 2.45) is 17.3 Å². The molecule has 4 rings (SSSR count). The van der Waals surface area contributed by atoms with Gasteiger partial charge in [0, 0.05) is 25.7 Å². The van der Waals surface area contributed by atoms with Gasteiger partial charge in [-0.25, -0.2) is 4.79 Å². The third kappa shape index (κ3) is 2.86. The zero-order chi connectivity index (χ0) is 15.0. The van der Waals surface area contributed by atoms with Crippen LogP contribution in [0.15, 0.2) is 0 Å². The van der Waals surface area contributed by atoms with E-state index in [0.717, 1.165) is 37.5 Å². The summed E-state index contributed by atoms with van der Waals surface area (Å²) in [5.74, 6) is 1.75. The fourth-order valence-corrected chi connectivity index (χ4v) is 5.55. The van der Waals surface area contributed by atoms with Gasteiger partial charge in [-0.05, 0) is 81.6 Å². The highest BCUT2D eigenvalue weighted by atomic mass is 16.2. The molecule has 2 heterocycles. The summed E-state index contributed by atoms with van der Waals surface area (Å²) in [6.45, 7) is 4.01. The number of nitrogens with one attached hydrogen (secondary N) is 2. The number of urea groups is 1. The molecule has 22 heavy (non-hydrogen) atoms. The van der Waals surface area contributed by atoms with Crippen molar-refractivity contribution >= 4 is 6.03 Å². The van der Waals surface area contributed by atoms with Crippen LogP contribution in [0.3, 0.4) is 0 Å². The minimum Gasteiger partial charge on any atom is -0.337 e. The van der Waals surface area contributed by atoms with Crippen LogP contribution in [0.25, 0.3) is 0 Å². The summed E-state index contributed by atoms with van der Waals surface area (Å²) < 4.78 is 0. The lowest BCUT2D eigenvalue weighted by molar-refractivity contribution is 0.154. The minimum atomic E-state index is 0.197. The summed E-state index contributed by atoms with van der Waals surface area (Å²) in [6.07, 6.45) is 11.9. The first-order valence-corrected chi connectivity index (χ1v) is 9.50. The molecule has 2 bridgehead atoms. The van der Waals surface area contributed by atoms with Crippen molar-refractivity contribution in [3.05, 3.63) is 0 Å². The Balaban J connectivity index is 1.22. The summed E-state index contributed by atoms with van der Waals surface area (Å²) in [6, 6.07) is 0.917. The molecule has 2 saturated heterocycles. The van der Waals surface area contributed by atoms with Crippen molar-refractivity contribution in [1.29, 1.82) is 0 Å². The summed E-state index contributed by atoms with van der Waals surface area (Å²) in [5.41, 5.74) is 0.465. The Bertz CT molecular complexity index is 403. The molecule has 2 saturated carbocycles. The number of amides is 2. The number of likely N-dealkylation sites (tertiary alicyclic amines) is 1. The van der Waals surface area contributed by atoms with Crippen molar-refractivity contribution < 1.29 is 4.79 Å². The van der Waals surface area contributed by atoms with Crippen molar-refractivity contribution in [3.8, 4) is 0 Å². The van der Waals surface area contributed by atoms with E-state index in [1.54, 1.807) is 0 Å². The largest absolute Gasteiger partial charge is 0.337 e. The van der Waals surface area contributed by atoms with Crippen LogP contribution in [0, 0.1) is 17.3 Å². The van der Waals surface area contributed by atoms with E-state index in [4.69, 9.17) is 0 Å².